The summed E-state index contributed by atoms with van der Waals surface area (Å²) in [6.45, 7) is 0.895. The van der Waals surface area contributed by atoms with Gasteiger partial charge in [0.25, 0.3) is 5.69 Å². The van der Waals surface area contributed by atoms with Crippen LogP contribution in [-0.4, -0.2) is 13.0 Å². The van der Waals surface area contributed by atoms with Crippen LogP contribution in [-0.2, 0) is 17.9 Å². The monoisotopic (exact) mass is 272 g/mol. The van der Waals surface area contributed by atoms with Crippen molar-refractivity contribution in [2.75, 3.05) is 7.11 Å². The van der Waals surface area contributed by atoms with E-state index in [1.807, 2.05) is 24.3 Å². The van der Waals surface area contributed by atoms with E-state index in [9.17, 15) is 10.0 Å². The van der Waals surface area contributed by atoms with Crippen LogP contribution < -0.4 is 10.0 Å². The Bertz CT molecular complexity index is 599. The molecule has 5 heteroatoms. The summed E-state index contributed by atoms with van der Waals surface area (Å²) in [5.41, 5.74) is 2.08. The van der Waals surface area contributed by atoms with Crippen molar-refractivity contribution >= 4 is 5.91 Å². The Balaban J connectivity index is 2.00. The molecular weight excluding hydrogens is 256 g/mol. The van der Waals surface area contributed by atoms with Crippen molar-refractivity contribution in [3.63, 3.8) is 0 Å². The fourth-order valence-corrected chi connectivity index (χ4v) is 1.87. The van der Waals surface area contributed by atoms with Crippen LogP contribution in [0.3, 0.4) is 0 Å². The molecule has 0 saturated heterocycles. The first-order valence-electron chi connectivity index (χ1n) is 6.24. The molecule has 1 N–H and O–H groups in total. The molecule has 2 rings (SSSR count). The summed E-state index contributed by atoms with van der Waals surface area (Å²) in [4.78, 5) is 11.9. The largest absolute Gasteiger partial charge is 0.618 e. The van der Waals surface area contributed by atoms with Crippen LogP contribution in [0, 0.1) is 5.21 Å². The average Bonchev–Trinajstić information content (AvgIpc) is 2.46. The highest BCUT2D eigenvalue weighted by atomic mass is 16.5. The van der Waals surface area contributed by atoms with Gasteiger partial charge in [0, 0.05) is 25.8 Å². The van der Waals surface area contributed by atoms with Gasteiger partial charge in [-0.1, -0.05) is 24.3 Å². The third-order valence-corrected chi connectivity index (χ3v) is 2.81. The van der Waals surface area contributed by atoms with Gasteiger partial charge in [-0.3, -0.25) is 4.79 Å². The lowest BCUT2D eigenvalue weighted by atomic mass is 10.1. The lowest BCUT2D eigenvalue weighted by Gasteiger charge is -2.07. The quantitative estimate of drug-likeness (QED) is 0.661. The fraction of sp³-hybridized carbons (Fsp3) is 0.200. The molecule has 0 spiro atoms. The minimum absolute atomic E-state index is 0.0838. The van der Waals surface area contributed by atoms with Crippen molar-refractivity contribution < 1.29 is 14.3 Å². The van der Waals surface area contributed by atoms with Gasteiger partial charge >= 0.3 is 5.91 Å². The predicted molar refractivity (Wildman–Crippen MR) is 73.7 cm³/mol. The molecule has 0 aliphatic rings. The molecule has 104 valence electrons. The van der Waals surface area contributed by atoms with Crippen LogP contribution in [0.15, 0.2) is 48.7 Å². The highest BCUT2D eigenvalue weighted by Crippen LogP contribution is 2.06. The molecule has 0 aliphatic heterocycles. The lowest BCUT2D eigenvalue weighted by Crippen LogP contribution is -2.38. The van der Waals surface area contributed by atoms with E-state index in [2.05, 4.69) is 5.32 Å². The number of amides is 1. The topological polar surface area (TPSA) is 65.3 Å². The van der Waals surface area contributed by atoms with Gasteiger partial charge in [-0.25, -0.2) is 0 Å². The minimum Gasteiger partial charge on any atom is -0.618 e. The maximum Gasteiger partial charge on any atom is 0.317 e. The minimum atomic E-state index is -0.391. The van der Waals surface area contributed by atoms with Crippen molar-refractivity contribution in [3.8, 4) is 0 Å². The molecule has 0 atom stereocenters. The van der Waals surface area contributed by atoms with Crippen molar-refractivity contribution in [2.45, 2.75) is 13.2 Å². The van der Waals surface area contributed by atoms with Gasteiger partial charge in [-0.15, -0.1) is 0 Å². The normalized spacial score (nSPS) is 10.2. The molecule has 0 saturated carbocycles. The molecule has 0 bridgehead atoms. The Kier molecular flexibility index (Phi) is 4.68. The summed E-state index contributed by atoms with van der Waals surface area (Å²) < 4.78 is 5.61. The van der Waals surface area contributed by atoms with Gasteiger partial charge in [0.2, 0.25) is 0 Å². The lowest BCUT2D eigenvalue weighted by molar-refractivity contribution is -0.607. The smallest absolute Gasteiger partial charge is 0.317 e. The molecular formula is C15H16N2O3. The van der Waals surface area contributed by atoms with E-state index in [4.69, 9.17) is 4.74 Å². The molecule has 2 aromatic rings. The van der Waals surface area contributed by atoms with E-state index in [0.717, 1.165) is 11.1 Å². The summed E-state index contributed by atoms with van der Waals surface area (Å²) in [5, 5.41) is 14.2. The van der Waals surface area contributed by atoms with E-state index >= 15 is 0 Å². The molecule has 20 heavy (non-hydrogen) atoms. The number of carbonyl (C=O) groups excluding carboxylic acids is 1. The van der Waals surface area contributed by atoms with E-state index < -0.39 is 5.91 Å². The van der Waals surface area contributed by atoms with Crippen LogP contribution in [0.4, 0.5) is 0 Å². The molecule has 0 fully saturated rings. The number of hydrogen-bond donors (Lipinski definition) is 1. The predicted octanol–water partition coefficient (Wildman–Crippen LogP) is 1.40. The van der Waals surface area contributed by atoms with Crippen molar-refractivity contribution in [2.24, 2.45) is 0 Å². The van der Waals surface area contributed by atoms with Crippen molar-refractivity contribution in [3.05, 3.63) is 70.7 Å². The van der Waals surface area contributed by atoms with E-state index in [1.165, 1.54) is 12.3 Å². The van der Waals surface area contributed by atoms with E-state index in [-0.39, 0.29) is 5.69 Å². The second-order valence-corrected chi connectivity index (χ2v) is 4.35. The molecule has 1 aromatic carbocycles. The van der Waals surface area contributed by atoms with E-state index in [0.29, 0.717) is 17.9 Å². The summed E-state index contributed by atoms with van der Waals surface area (Å²) in [5.74, 6) is -0.391. The molecule has 1 amide bonds. The number of hydrogen-bond acceptors (Lipinski definition) is 3. The molecule has 5 nitrogen and oxygen atoms in total. The highest BCUT2D eigenvalue weighted by molar-refractivity contribution is 5.90. The number of aromatic nitrogens is 1. The van der Waals surface area contributed by atoms with Gasteiger partial charge in [0.1, 0.15) is 0 Å². The Morgan fingerprint density at radius 1 is 1.25 bits per heavy atom. The van der Waals surface area contributed by atoms with Gasteiger partial charge in [0.05, 0.1) is 6.61 Å². The zero-order valence-electron chi connectivity index (χ0n) is 11.2. The Morgan fingerprint density at radius 2 is 2.05 bits per heavy atom. The number of pyridine rings is 1. The van der Waals surface area contributed by atoms with Gasteiger partial charge in [-0.2, -0.15) is 4.73 Å². The fourth-order valence-electron chi connectivity index (χ4n) is 1.87. The SMILES string of the molecule is COCc1cccc(CNC(=O)c2cccc[n+]2[O-])c1. The number of carbonyl (C=O) groups is 1. The van der Waals surface area contributed by atoms with Crippen LogP contribution in [0.1, 0.15) is 21.6 Å². The maximum atomic E-state index is 11.9. The average molecular weight is 272 g/mol. The highest BCUT2D eigenvalue weighted by Gasteiger charge is 2.14. The van der Waals surface area contributed by atoms with Gasteiger partial charge < -0.3 is 15.3 Å². The number of ether oxygens (including phenoxy) is 1. The zero-order valence-corrected chi connectivity index (χ0v) is 11.2. The number of rotatable bonds is 5. The van der Waals surface area contributed by atoms with Gasteiger partial charge in [0.15, 0.2) is 6.20 Å². The molecule has 1 heterocycles. The van der Waals surface area contributed by atoms with Crippen LogP contribution in [0.2, 0.25) is 0 Å². The first-order valence-corrected chi connectivity index (χ1v) is 6.24. The third-order valence-electron chi connectivity index (χ3n) is 2.81. The molecule has 0 aliphatic carbocycles. The van der Waals surface area contributed by atoms with Crippen LogP contribution in [0.5, 0.6) is 0 Å². The Labute approximate surface area is 117 Å². The number of nitrogens with one attached hydrogen (secondary N) is 1. The summed E-state index contributed by atoms with van der Waals surface area (Å²) in [6, 6.07) is 12.5. The zero-order chi connectivity index (χ0) is 14.4. The van der Waals surface area contributed by atoms with Crippen molar-refractivity contribution in [1.82, 2.24) is 5.32 Å². The Morgan fingerprint density at radius 3 is 2.80 bits per heavy atom. The first-order chi connectivity index (χ1) is 9.70. The van der Waals surface area contributed by atoms with Gasteiger partial charge in [-0.05, 0) is 17.2 Å². The second-order valence-electron chi connectivity index (χ2n) is 4.35. The second kappa shape index (κ2) is 6.68. The summed E-state index contributed by atoms with van der Waals surface area (Å²) in [7, 11) is 1.64. The summed E-state index contributed by atoms with van der Waals surface area (Å²) >= 11 is 0. The van der Waals surface area contributed by atoms with Crippen LogP contribution >= 0.6 is 0 Å². The van der Waals surface area contributed by atoms with Crippen molar-refractivity contribution in [1.29, 1.82) is 0 Å². The van der Waals surface area contributed by atoms with Crippen LogP contribution in [0.25, 0.3) is 0 Å². The molecule has 0 unspecified atom stereocenters. The number of benzene rings is 1. The maximum absolute atomic E-state index is 11.9. The standard InChI is InChI=1S/C15H16N2O3/c1-20-11-13-6-4-5-12(9-13)10-16-15(18)14-7-2-3-8-17(14)19/h2-9H,10-11H2,1H3,(H,16,18). The molecule has 1 aromatic heterocycles. The third kappa shape index (κ3) is 3.55. The first kappa shape index (κ1) is 14.0. The summed E-state index contributed by atoms with van der Waals surface area (Å²) in [6.07, 6.45) is 1.30. The number of methoxy groups -OCH3 is 1. The molecule has 0 radical (unpaired) electrons. The number of nitrogens with zero attached hydrogens (tertiary/aromatic N) is 1. The Hall–Kier alpha value is -2.40. The van der Waals surface area contributed by atoms with E-state index in [1.54, 1.807) is 19.2 Å².